The third-order valence-electron chi connectivity index (χ3n) is 5.07. The van der Waals surface area contributed by atoms with Gasteiger partial charge >= 0.3 is 0 Å². The predicted molar refractivity (Wildman–Crippen MR) is 88.8 cm³/mol. The largest absolute Gasteiger partial charge is 0.390 e. The fourth-order valence-electron chi connectivity index (χ4n) is 3.69. The van der Waals surface area contributed by atoms with Crippen molar-refractivity contribution in [1.82, 2.24) is 10.2 Å². The van der Waals surface area contributed by atoms with Gasteiger partial charge in [0.2, 0.25) is 0 Å². The van der Waals surface area contributed by atoms with E-state index in [-0.39, 0.29) is 17.6 Å². The van der Waals surface area contributed by atoms with Gasteiger partial charge < -0.3 is 10.4 Å². The molecule has 1 aromatic carbocycles. The van der Waals surface area contributed by atoms with Crippen LogP contribution in [-0.2, 0) is 0 Å². The van der Waals surface area contributed by atoms with E-state index in [0.29, 0.717) is 24.7 Å². The summed E-state index contributed by atoms with van der Waals surface area (Å²) in [7, 11) is 0. The number of nitro groups is 1. The molecule has 1 saturated heterocycles. The molecule has 2 N–H and O–H groups in total. The second-order valence-electron chi connectivity index (χ2n) is 6.70. The van der Waals surface area contributed by atoms with Crippen molar-refractivity contribution >= 4 is 11.6 Å². The molecule has 130 valence electrons. The zero-order chi connectivity index (χ0) is 17.1. The minimum Gasteiger partial charge on any atom is -0.390 e. The Hall–Kier alpha value is -1.99. The SMILES string of the molecule is O=C(NC1CN(C2CCCCC2)CC1O)c1ccc([N+](=O)[O-])cc1. The quantitative estimate of drug-likeness (QED) is 0.646. The molecule has 1 saturated carbocycles. The first-order valence-electron chi connectivity index (χ1n) is 8.52. The topological polar surface area (TPSA) is 95.7 Å². The Morgan fingerprint density at radius 3 is 2.46 bits per heavy atom. The first-order chi connectivity index (χ1) is 11.5. The standard InChI is InChI=1S/C17H23N3O4/c21-16-11-19(13-4-2-1-3-5-13)10-15(16)18-17(22)12-6-8-14(9-7-12)20(23)24/h6-9,13,15-16,21H,1-5,10-11H2,(H,18,22). The second-order valence-corrected chi connectivity index (χ2v) is 6.70. The number of hydrogen-bond acceptors (Lipinski definition) is 5. The van der Waals surface area contributed by atoms with Crippen molar-refractivity contribution < 1.29 is 14.8 Å². The van der Waals surface area contributed by atoms with Crippen LogP contribution in [0.25, 0.3) is 0 Å². The molecule has 1 aromatic rings. The predicted octanol–water partition coefficient (Wildman–Crippen LogP) is 1.70. The molecule has 2 fully saturated rings. The number of aliphatic hydroxyl groups is 1. The molecule has 0 aromatic heterocycles. The summed E-state index contributed by atoms with van der Waals surface area (Å²) >= 11 is 0. The number of nitrogens with zero attached hydrogens (tertiary/aromatic N) is 2. The molecule has 1 aliphatic carbocycles. The normalized spacial score (nSPS) is 25.5. The fraction of sp³-hybridized carbons (Fsp3) is 0.588. The molecule has 0 spiro atoms. The molecule has 1 aliphatic heterocycles. The smallest absolute Gasteiger partial charge is 0.269 e. The third-order valence-corrected chi connectivity index (χ3v) is 5.07. The lowest BCUT2D eigenvalue weighted by Crippen LogP contribution is -2.43. The number of carbonyl (C=O) groups excluding carboxylic acids is 1. The number of carbonyl (C=O) groups is 1. The second kappa shape index (κ2) is 7.27. The highest BCUT2D eigenvalue weighted by Gasteiger charge is 2.36. The molecule has 2 aliphatic rings. The maximum Gasteiger partial charge on any atom is 0.269 e. The Labute approximate surface area is 140 Å². The van der Waals surface area contributed by atoms with Gasteiger partial charge in [0.05, 0.1) is 17.1 Å². The van der Waals surface area contributed by atoms with Crippen molar-refractivity contribution in [2.75, 3.05) is 13.1 Å². The zero-order valence-corrected chi connectivity index (χ0v) is 13.6. The van der Waals surface area contributed by atoms with E-state index in [9.17, 15) is 20.0 Å². The number of amides is 1. The lowest BCUT2D eigenvalue weighted by atomic mass is 9.94. The molecule has 0 radical (unpaired) electrons. The molecule has 24 heavy (non-hydrogen) atoms. The van der Waals surface area contributed by atoms with Gasteiger partial charge in [-0.1, -0.05) is 19.3 Å². The summed E-state index contributed by atoms with van der Waals surface area (Å²) in [6.07, 6.45) is 5.50. The summed E-state index contributed by atoms with van der Waals surface area (Å²) in [5, 5.41) is 23.8. The van der Waals surface area contributed by atoms with Gasteiger partial charge in [-0.2, -0.15) is 0 Å². The Morgan fingerprint density at radius 1 is 1.17 bits per heavy atom. The number of aliphatic hydroxyl groups excluding tert-OH is 1. The average molecular weight is 333 g/mol. The monoisotopic (exact) mass is 333 g/mol. The zero-order valence-electron chi connectivity index (χ0n) is 13.6. The Morgan fingerprint density at radius 2 is 1.83 bits per heavy atom. The highest BCUT2D eigenvalue weighted by molar-refractivity contribution is 5.94. The van der Waals surface area contributed by atoms with Crippen molar-refractivity contribution in [2.45, 2.75) is 50.3 Å². The van der Waals surface area contributed by atoms with Crippen molar-refractivity contribution in [3.05, 3.63) is 39.9 Å². The summed E-state index contributed by atoms with van der Waals surface area (Å²) in [6.45, 7) is 1.25. The molecular formula is C17H23N3O4. The van der Waals surface area contributed by atoms with E-state index < -0.39 is 11.0 Å². The first-order valence-corrected chi connectivity index (χ1v) is 8.52. The molecule has 1 heterocycles. The van der Waals surface area contributed by atoms with Crippen LogP contribution in [0.1, 0.15) is 42.5 Å². The van der Waals surface area contributed by atoms with Crippen LogP contribution in [-0.4, -0.2) is 52.1 Å². The molecule has 2 atom stereocenters. The van der Waals surface area contributed by atoms with Gasteiger partial charge in [0.15, 0.2) is 0 Å². The van der Waals surface area contributed by atoms with Gasteiger partial charge in [-0.15, -0.1) is 0 Å². The van der Waals surface area contributed by atoms with E-state index in [1.54, 1.807) is 0 Å². The lowest BCUT2D eigenvalue weighted by Gasteiger charge is -2.30. The van der Waals surface area contributed by atoms with E-state index in [2.05, 4.69) is 10.2 Å². The van der Waals surface area contributed by atoms with E-state index >= 15 is 0 Å². The lowest BCUT2D eigenvalue weighted by molar-refractivity contribution is -0.384. The van der Waals surface area contributed by atoms with Gasteiger partial charge in [-0.05, 0) is 25.0 Å². The van der Waals surface area contributed by atoms with E-state index in [0.717, 1.165) is 12.8 Å². The molecular weight excluding hydrogens is 310 g/mol. The molecule has 0 bridgehead atoms. The van der Waals surface area contributed by atoms with Crippen LogP contribution in [0.5, 0.6) is 0 Å². The van der Waals surface area contributed by atoms with Crippen LogP contribution in [0.2, 0.25) is 0 Å². The highest BCUT2D eigenvalue weighted by atomic mass is 16.6. The molecule has 7 nitrogen and oxygen atoms in total. The fourth-order valence-corrected chi connectivity index (χ4v) is 3.69. The summed E-state index contributed by atoms with van der Waals surface area (Å²) < 4.78 is 0. The van der Waals surface area contributed by atoms with Gasteiger partial charge in [-0.3, -0.25) is 19.8 Å². The van der Waals surface area contributed by atoms with Crippen molar-refractivity contribution in [3.8, 4) is 0 Å². The van der Waals surface area contributed by atoms with Gasteiger partial charge in [0, 0.05) is 36.8 Å². The number of nitrogens with one attached hydrogen (secondary N) is 1. The van der Waals surface area contributed by atoms with Crippen LogP contribution in [0, 0.1) is 10.1 Å². The Balaban J connectivity index is 1.58. The summed E-state index contributed by atoms with van der Waals surface area (Å²) in [6, 6.07) is 5.72. The number of hydrogen-bond donors (Lipinski definition) is 2. The number of β-amino-alcohol motifs (C(OH)–C–C–N with tert-alkyl or cyclic N) is 1. The van der Waals surface area contributed by atoms with Crippen LogP contribution in [0.15, 0.2) is 24.3 Å². The van der Waals surface area contributed by atoms with Crippen molar-refractivity contribution in [1.29, 1.82) is 0 Å². The Kier molecular flexibility index (Phi) is 5.11. The van der Waals surface area contributed by atoms with Crippen molar-refractivity contribution in [3.63, 3.8) is 0 Å². The summed E-state index contributed by atoms with van der Waals surface area (Å²) in [5.74, 6) is -0.306. The Bertz CT molecular complexity index is 598. The summed E-state index contributed by atoms with van der Waals surface area (Å²) in [4.78, 5) is 24.7. The highest BCUT2D eigenvalue weighted by Crippen LogP contribution is 2.26. The van der Waals surface area contributed by atoms with Crippen LogP contribution >= 0.6 is 0 Å². The molecule has 7 heteroatoms. The van der Waals surface area contributed by atoms with E-state index in [1.165, 1.54) is 43.5 Å². The van der Waals surface area contributed by atoms with Crippen LogP contribution in [0.4, 0.5) is 5.69 Å². The van der Waals surface area contributed by atoms with Crippen LogP contribution < -0.4 is 5.32 Å². The van der Waals surface area contributed by atoms with Gasteiger partial charge in [-0.25, -0.2) is 0 Å². The molecule has 3 rings (SSSR count). The van der Waals surface area contributed by atoms with Gasteiger partial charge in [0.1, 0.15) is 0 Å². The van der Waals surface area contributed by atoms with Crippen molar-refractivity contribution in [2.24, 2.45) is 0 Å². The van der Waals surface area contributed by atoms with Crippen LogP contribution in [0.3, 0.4) is 0 Å². The third kappa shape index (κ3) is 3.73. The number of rotatable bonds is 4. The number of benzene rings is 1. The molecule has 1 amide bonds. The van der Waals surface area contributed by atoms with E-state index in [1.807, 2.05) is 0 Å². The maximum absolute atomic E-state index is 12.3. The van der Waals surface area contributed by atoms with E-state index in [4.69, 9.17) is 0 Å². The first kappa shape index (κ1) is 16.9. The molecule has 2 unspecified atom stereocenters. The average Bonchev–Trinajstić information content (AvgIpc) is 2.96. The summed E-state index contributed by atoms with van der Waals surface area (Å²) in [5.41, 5.74) is 0.319. The minimum absolute atomic E-state index is 0.0454. The number of likely N-dealkylation sites (tertiary alicyclic amines) is 1. The van der Waals surface area contributed by atoms with Gasteiger partial charge in [0.25, 0.3) is 11.6 Å². The minimum atomic E-state index is -0.575. The maximum atomic E-state index is 12.3. The number of non-ortho nitro benzene ring substituents is 1. The number of nitro benzene ring substituents is 1.